The Labute approximate surface area is 172 Å². The van der Waals surface area contributed by atoms with E-state index in [0.29, 0.717) is 28.1 Å². The van der Waals surface area contributed by atoms with Crippen LogP contribution in [0, 0.1) is 18.3 Å². The van der Waals surface area contributed by atoms with E-state index in [1.54, 1.807) is 24.3 Å². The molecule has 1 aromatic heterocycles. The molecule has 2 heterocycles. The van der Waals surface area contributed by atoms with Crippen molar-refractivity contribution >= 4 is 34.8 Å². The number of carbonyl (C=O) groups excluding carboxylic acids is 2. The first-order valence-corrected chi connectivity index (χ1v) is 10.0. The second-order valence-corrected chi connectivity index (χ2v) is 7.64. The molecular weight excluding hydrogens is 382 g/mol. The molecular formula is C23H17N3O2S. The molecule has 0 unspecified atom stereocenters. The molecule has 1 aliphatic rings. The summed E-state index contributed by atoms with van der Waals surface area (Å²) in [5, 5.41) is 12.0. The first kappa shape index (κ1) is 18.8. The van der Waals surface area contributed by atoms with Gasteiger partial charge >= 0.3 is 0 Å². The van der Waals surface area contributed by atoms with E-state index in [1.165, 1.54) is 16.2 Å². The standard InChI is InChI=1S/C23H17N3O2S/c1-15-6-8-16(9-7-15)12-17(13-24)21-25-18(14-29-21)10-11-26-22(27)19-4-2-3-5-20(19)23(26)28/h2-9,12,14H,10-11H2,1H3/b17-12+. The normalized spacial score (nSPS) is 13.5. The molecule has 6 heteroatoms. The van der Waals surface area contributed by atoms with E-state index >= 15 is 0 Å². The molecule has 0 aliphatic carbocycles. The van der Waals surface area contributed by atoms with E-state index < -0.39 is 0 Å². The summed E-state index contributed by atoms with van der Waals surface area (Å²) < 4.78 is 0. The molecule has 4 rings (SSSR count). The highest BCUT2D eigenvalue weighted by Gasteiger charge is 2.34. The maximum atomic E-state index is 12.5. The summed E-state index contributed by atoms with van der Waals surface area (Å²) in [7, 11) is 0. The molecule has 0 saturated heterocycles. The zero-order valence-corrected chi connectivity index (χ0v) is 16.6. The zero-order valence-electron chi connectivity index (χ0n) is 15.8. The van der Waals surface area contributed by atoms with Gasteiger partial charge in [-0.2, -0.15) is 5.26 Å². The van der Waals surface area contributed by atoms with Crippen molar-refractivity contribution in [3.8, 4) is 6.07 Å². The Kier molecular flexibility index (Phi) is 5.07. The van der Waals surface area contributed by atoms with Crippen molar-refractivity contribution in [2.75, 3.05) is 6.54 Å². The van der Waals surface area contributed by atoms with Gasteiger partial charge in [0.2, 0.25) is 0 Å². The van der Waals surface area contributed by atoms with Gasteiger partial charge in [0.05, 0.1) is 22.4 Å². The average molecular weight is 399 g/mol. The number of nitrogens with zero attached hydrogens (tertiary/aromatic N) is 3. The average Bonchev–Trinajstić information content (AvgIpc) is 3.30. The number of allylic oxidation sites excluding steroid dienone is 1. The lowest BCUT2D eigenvalue weighted by Gasteiger charge is -2.12. The van der Waals surface area contributed by atoms with Crippen LogP contribution in [0.2, 0.25) is 0 Å². The van der Waals surface area contributed by atoms with Crippen LogP contribution in [0.25, 0.3) is 11.6 Å². The third-order valence-electron chi connectivity index (χ3n) is 4.76. The molecule has 0 fully saturated rings. The summed E-state index contributed by atoms with van der Waals surface area (Å²) in [5.41, 5.74) is 4.24. The van der Waals surface area contributed by atoms with E-state index in [4.69, 9.17) is 0 Å². The molecule has 0 radical (unpaired) electrons. The number of carbonyl (C=O) groups is 2. The molecule has 3 aromatic rings. The number of rotatable bonds is 5. The number of nitriles is 1. The lowest BCUT2D eigenvalue weighted by molar-refractivity contribution is 0.0656. The van der Waals surface area contributed by atoms with Crippen molar-refractivity contribution in [2.24, 2.45) is 0 Å². The minimum Gasteiger partial charge on any atom is -0.274 e. The SMILES string of the molecule is Cc1ccc(/C=C(\C#N)c2nc(CCN3C(=O)c4ccccc4C3=O)cs2)cc1. The van der Waals surface area contributed by atoms with Crippen molar-refractivity contribution in [1.29, 1.82) is 5.26 Å². The summed E-state index contributed by atoms with van der Waals surface area (Å²) >= 11 is 1.39. The summed E-state index contributed by atoms with van der Waals surface area (Å²) in [6, 6.07) is 17.0. The predicted molar refractivity (Wildman–Crippen MR) is 112 cm³/mol. The topological polar surface area (TPSA) is 74.1 Å². The lowest BCUT2D eigenvalue weighted by Crippen LogP contribution is -2.31. The van der Waals surface area contributed by atoms with Crippen molar-refractivity contribution in [3.63, 3.8) is 0 Å². The van der Waals surface area contributed by atoms with Crippen LogP contribution in [0.4, 0.5) is 0 Å². The molecule has 0 saturated carbocycles. The minimum absolute atomic E-state index is 0.263. The van der Waals surface area contributed by atoms with E-state index in [1.807, 2.05) is 42.6 Å². The molecule has 2 amide bonds. The Bertz CT molecular complexity index is 1130. The van der Waals surface area contributed by atoms with Gasteiger partial charge in [0.15, 0.2) is 0 Å². The first-order valence-electron chi connectivity index (χ1n) is 9.15. The third-order valence-corrected chi connectivity index (χ3v) is 5.69. The summed E-state index contributed by atoms with van der Waals surface area (Å²) in [4.78, 5) is 30.7. The largest absolute Gasteiger partial charge is 0.274 e. The predicted octanol–water partition coefficient (Wildman–Crippen LogP) is 4.35. The second kappa shape index (κ2) is 7.82. The number of amides is 2. The van der Waals surface area contributed by atoms with Gasteiger partial charge < -0.3 is 0 Å². The van der Waals surface area contributed by atoms with Gasteiger partial charge in [0.1, 0.15) is 11.1 Å². The van der Waals surface area contributed by atoms with Crippen molar-refractivity contribution in [1.82, 2.24) is 9.88 Å². The van der Waals surface area contributed by atoms with Crippen LogP contribution in [-0.2, 0) is 6.42 Å². The first-order chi connectivity index (χ1) is 14.1. The fraction of sp³-hybridized carbons (Fsp3) is 0.130. The van der Waals surface area contributed by atoms with Crippen LogP contribution in [0.1, 0.15) is 42.5 Å². The van der Waals surface area contributed by atoms with Gasteiger partial charge in [-0.05, 0) is 30.7 Å². The monoisotopic (exact) mass is 399 g/mol. The van der Waals surface area contributed by atoms with Crippen LogP contribution < -0.4 is 0 Å². The molecule has 0 bridgehead atoms. The number of hydrogen-bond donors (Lipinski definition) is 0. The quantitative estimate of drug-likeness (QED) is 0.472. The number of hydrogen-bond acceptors (Lipinski definition) is 5. The van der Waals surface area contributed by atoms with Gasteiger partial charge in [0.25, 0.3) is 11.8 Å². The molecule has 2 aromatic carbocycles. The number of aryl methyl sites for hydroxylation is 1. The number of fused-ring (bicyclic) bond motifs is 1. The van der Waals surface area contributed by atoms with Crippen LogP contribution in [0.5, 0.6) is 0 Å². The maximum Gasteiger partial charge on any atom is 0.261 e. The van der Waals surface area contributed by atoms with Crippen LogP contribution >= 0.6 is 11.3 Å². The summed E-state index contributed by atoms with van der Waals surface area (Å²) in [6.45, 7) is 2.28. The smallest absolute Gasteiger partial charge is 0.261 e. The third kappa shape index (κ3) is 3.73. The van der Waals surface area contributed by atoms with Crippen molar-refractivity contribution in [3.05, 3.63) is 86.9 Å². The number of benzene rings is 2. The lowest BCUT2D eigenvalue weighted by atomic mass is 10.1. The Hall–Kier alpha value is -3.56. The van der Waals surface area contributed by atoms with Gasteiger partial charge in [0, 0.05) is 18.3 Å². The number of aromatic nitrogens is 1. The second-order valence-electron chi connectivity index (χ2n) is 6.78. The Morgan fingerprint density at radius 2 is 1.76 bits per heavy atom. The Balaban J connectivity index is 1.47. The highest BCUT2D eigenvalue weighted by Crippen LogP contribution is 2.25. The van der Waals surface area contributed by atoms with Gasteiger partial charge in [-0.1, -0.05) is 42.0 Å². The highest BCUT2D eigenvalue weighted by molar-refractivity contribution is 7.11. The zero-order chi connectivity index (χ0) is 20.4. The molecule has 1 aliphatic heterocycles. The molecule has 29 heavy (non-hydrogen) atoms. The van der Waals surface area contributed by atoms with Gasteiger partial charge in [-0.25, -0.2) is 4.98 Å². The maximum absolute atomic E-state index is 12.5. The summed E-state index contributed by atoms with van der Waals surface area (Å²) in [5.74, 6) is -0.531. The van der Waals surface area contributed by atoms with E-state index in [-0.39, 0.29) is 18.4 Å². The van der Waals surface area contributed by atoms with E-state index in [0.717, 1.165) is 16.8 Å². The van der Waals surface area contributed by atoms with E-state index in [9.17, 15) is 14.9 Å². The van der Waals surface area contributed by atoms with Gasteiger partial charge in [-0.15, -0.1) is 11.3 Å². The fourth-order valence-corrected chi connectivity index (χ4v) is 4.00. The molecule has 142 valence electrons. The minimum atomic E-state index is -0.266. The molecule has 5 nitrogen and oxygen atoms in total. The van der Waals surface area contributed by atoms with Crippen LogP contribution in [0.15, 0.2) is 53.9 Å². The number of imide groups is 1. The van der Waals surface area contributed by atoms with Crippen molar-refractivity contribution in [2.45, 2.75) is 13.3 Å². The number of thiazole rings is 1. The summed E-state index contributed by atoms with van der Waals surface area (Å²) in [6.07, 6.45) is 2.26. The Morgan fingerprint density at radius 1 is 1.10 bits per heavy atom. The van der Waals surface area contributed by atoms with E-state index in [2.05, 4.69) is 11.1 Å². The fourth-order valence-electron chi connectivity index (χ4n) is 3.19. The van der Waals surface area contributed by atoms with Gasteiger partial charge in [-0.3, -0.25) is 14.5 Å². The molecule has 0 atom stereocenters. The molecule has 0 N–H and O–H groups in total. The molecule has 0 spiro atoms. The Morgan fingerprint density at radius 3 is 2.38 bits per heavy atom. The highest BCUT2D eigenvalue weighted by atomic mass is 32.1. The van der Waals surface area contributed by atoms with Crippen LogP contribution in [0.3, 0.4) is 0 Å². The van der Waals surface area contributed by atoms with Crippen molar-refractivity contribution < 1.29 is 9.59 Å². The van der Waals surface area contributed by atoms with Crippen LogP contribution in [-0.4, -0.2) is 28.2 Å².